The van der Waals surface area contributed by atoms with Gasteiger partial charge in [-0.05, 0) is 45.0 Å². The van der Waals surface area contributed by atoms with Gasteiger partial charge in [-0.2, -0.15) is 10.1 Å². The number of benzene rings is 1. The summed E-state index contributed by atoms with van der Waals surface area (Å²) in [6, 6.07) is 5.91. The summed E-state index contributed by atoms with van der Waals surface area (Å²) in [5, 5.41) is 15.1. The Morgan fingerprint density at radius 2 is 2.32 bits per heavy atom. The van der Waals surface area contributed by atoms with Crippen molar-refractivity contribution in [1.82, 2.24) is 30.6 Å². The molecule has 9 heteroatoms. The van der Waals surface area contributed by atoms with Gasteiger partial charge in [0.2, 0.25) is 5.89 Å². The Balaban J connectivity index is 0.00000225. The molecule has 0 radical (unpaired) electrons. The van der Waals surface area contributed by atoms with Gasteiger partial charge in [-0.15, -0.1) is 12.4 Å². The molecule has 0 aliphatic carbocycles. The van der Waals surface area contributed by atoms with Crippen LogP contribution >= 0.6 is 12.4 Å². The number of likely N-dealkylation sites (N-methyl/N-ethyl adjacent to an activating group) is 1. The highest BCUT2D eigenvalue weighted by atomic mass is 35.5. The van der Waals surface area contributed by atoms with Gasteiger partial charge in [0, 0.05) is 36.5 Å². The van der Waals surface area contributed by atoms with Gasteiger partial charge in [0.05, 0.1) is 17.6 Å². The minimum Gasteiger partial charge on any atom is -0.339 e. The van der Waals surface area contributed by atoms with Crippen LogP contribution in [0.2, 0.25) is 0 Å². The lowest BCUT2D eigenvalue weighted by atomic mass is 9.97. The molecule has 2 unspecified atom stereocenters. The molecule has 3 heterocycles. The first-order chi connectivity index (χ1) is 13.1. The lowest BCUT2D eigenvalue weighted by Gasteiger charge is -2.31. The molecule has 4 rings (SSSR count). The van der Waals surface area contributed by atoms with Gasteiger partial charge >= 0.3 is 0 Å². The van der Waals surface area contributed by atoms with E-state index < -0.39 is 0 Å². The average molecular weight is 405 g/mol. The van der Waals surface area contributed by atoms with E-state index in [-0.39, 0.29) is 30.3 Å². The van der Waals surface area contributed by atoms with Crippen LogP contribution in [0, 0.1) is 0 Å². The molecule has 2 N–H and O–H groups in total. The topological polar surface area (TPSA) is 99.9 Å². The maximum Gasteiger partial charge on any atom is 0.253 e. The van der Waals surface area contributed by atoms with Crippen LogP contribution in [0.25, 0.3) is 10.9 Å². The van der Waals surface area contributed by atoms with Crippen LogP contribution in [0.5, 0.6) is 0 Å². The van der Waals surface area contributed by atoms with E-state index in [9.17, 15) is 4.79 Å². The SMILES string of the molecule is CNC(C)Cc1noc(C2CCCN(C(=O)c3ccc4[nH]ncc4c3)C2)n1.Cl. The molecule has 2 atom stereocenters. The van der Waals surface area contributed by atoms with Crippen LogP contribution in [-0.2, 0) is 6.42 Å². The first-order valence-corrected chi connectivity index (χ1v) is 9.36. The van der Waals surface area contributed by atoms with Gasteiger partial charge < -0.3 is 14.7 Å². The number of H-pyrrole nitrogens is 1. The van der Waals surface area contributed by atoms with Crippen LogP contribution < -0.4 is 5.32 Å². The van der Waals surface area contributed by atoms with Gasteiger partial charge in [-0.1, -0.05) is 5.16 Å². The highest BCUT2D eigenvalue weighted by molar-refractivity contribution is 5.97. The summed E-state index contributed by atoms with van der Waals surface area (Å²) in [4.78, 5) is 19.4. The molecule has 150 valence electrons. The summed E-state index contributed by atoms with van der Waals surface area (Å²) in [7, 11) is 1.91. The molecule has 1 amide bonds. The van der Waals surface area contributed by atoms with Crippen molar-refractivity contribution in [3.05, 3.63) is 41.7 Å². The van der Waals surface area contributed by atoms with E-state index in [0.29, 0.717) is 23.8 Å². The number of aromatic nitrogens is 4. The molecule has 0 saturated carbocycles. The van der Waals surface area contributed by atoms with Crippen LogP contribution in [0.1, 0.15) is 47.8 Å². The summed E-state index contributed by atoms with van der Waals surface area (Å²) < 4.78 is 5.49. The van der Waals surface area contributed by atoms with Gasteiger partial charge in [0.1, 0.15) is 0 Å². The first-order valence-electron chi connectivity index (χ1n) is 9.36. The molecular formula is C19H25ClN6O2. The second kappa shape index (κ2) is 8.70. The molecule has 1 fully saturated rings. The van der Waals surface area contributed by atoms with Crippen molar-refractivity contribution in [3.63, 3.8) is 0 Å². The second-order valence-corrected chi connectivity index (χ2v) is 7.21. The average Bonchev–Trinajstić information content (AvgIpc) is 3.36. The summed E-state index contributed by atoms with van der Waals surface area (Å²) in [5.74, 6) is 1.47. The smallest absolute Gasteiger partial charge is 0.253 e. The van der Waals surface area contributed by atoms with Crippen LogP contribution in [0.4, 0.5) is 0 Å². The molecule has 28 heavy (non-hydrogen) atoms. The van der Waals surface area contributed by atoms with E-state index in [4.69, 9.17) is 4.52 Å². The maximum absolute atomic E-state index is 13.0. The lowest BCUT2D eigenvalue weighted by molar-refractivity contribution is 0.0696. The third-order valence-electron chi connectivity index (χ3n) is 5.21. The second-order valence-electron chi connectivity index (χ2n) is 7.21. The van der Waals surface area contributed by atoms with Gasteiger partial charge in [-0.3, -0.25) is 9.89 Å². The maximum atomic E-state index is 13.0. The molecule has 2 aromatic heterocycles. The molecule has 1 aromatic carbocycles. The first kappa shape index (κ1) is 20.3. The van der Waals surface area contributed by atoms with Crippen LogP contribution in [-0.4, -0.2) is 57.3 Å². The highest BCUT2D eigenvalue weighted by Crippen LogP contribution is 2.27. The van der Waals surface area contributed by atoms with Gasteiger partial charge in [-0.25, -0.2) is 0 Å². The zero-order chi connectivity index (χ0) is 18.8. The summed E-state index contributed by atoms with van der Waals surface area (Å²) >= 11 is 0. The zero-order valence-electron chi connectivity index (χ0n) is 16.0. The number of hydrogen-bond donors (Lipinski definition) is 2. The van der Waals surface area contributed by atoms with E-state index in [1.165, 1.54) is 0 Å². The standard InChI is InChI=1S/C19H24N6O2.ClH/c1-12(20-2)8-17-22-18(27-24-17)14-4-3-7-25(11-14)19(26)13-5-6-16-15(9-13)10-21-23-16;/h5-6,9-10,12,14,20H,3-4,7-8,11H2,1-2H3,(H,21,23);1H. The summed E-state index contributed by atoms with van der Waals surface area (Å²) in [6.07, 6.45) is 4.33. The van der Waals surface area contributed by atoms with Crippen molar-refractivity contribution in [2.75, 3.05) is 20.1 Å². The Labute approximate surface area is 169 Å². The number of amides is 1. The lowest BCUT2D eigenvalue weighted by Crippen LogP contribution is -2.39. The Morgan fingerprint density at radius 1 is 1.46 bits per heavy atom. The molecule has 0 spiro atoms. The number of hydrogen-bond acceptors (Lipinski definition) is 6. The van der Waals surface area contributed by atoms with Crippen molar-refractivity contribution in [1.29, 1.82) is 0 Å². The number of likely N-dealkylation sites (tertiary alicyclic amines) is 1. The predicted molar refractivity (Wildman–Crippen MR) is 108 cm³/mol. The fourth-order valence-electron chi connectivity index (χ4n) is 3.51. The van der Waals surface area contributed by atoms with Crippen molar-refractivity contribution in [2.24, 2.45) is 0 Å². The Hall–Kier alpha value is -2.45. The number of fused-ring (bicyclic) bond motifs is 1. The van der Waals surface area contributed by atoms with Gasteiger partial charge in [0.15, 0.2) is 5.82 Å². The van der Waals surface area contributed by atoms with E-state index in [1.54, 1.807) is 6.20 Å². The summed E-state index contributed by atoms with van der Waals surface area (Å²) in [5.41, 5.74) is 1.61. The number of carbonyl (C=O) groups excluding carboxylic acids is 1. The minimum absolute atomic E-state index is 0. The Kier molecular flexibility index (Phi) is 6.31. The number of nitrogens with zero attached hydrogens (tertiary/aromatic N) is 4. The number of nitrogens with one attached hydrogen (secondary N) is 2. The third-order valence-corrected chi connectivity index (χ3v) is 5.21. The third kappa shape index (κ3) is 4.18. The Morgan fingerprint density at radius 3 is 3.14 bits per heavy atom. The predicted octanol–water partition coefficient (Wildman–Crippen LogP) is 2.54. The molecule has 8 nitrogen and oxygen atoms in total. The van der Waals surface area contributed by atoms with E-state index >= 15 is 0 Å². The number of carbonyl (C=O) groups is 1. The monoisotopic (exact) mass is 404 g/mol. The van der Waals surface area contributed by atoms with E-state index in [1.807, 2.05) is 30.1 Å². The fraction of sp³-hybridized carbons (Fsp3) is 0.474. The molecule has 0 bridgehead atoms. The van der Waals surface area contributed by atoms with Crippen molar-refractivity contribution < 1.29 is 9.32 Å². The largest absolute Gasteiger partial charge is 0.339 e. The summed E-state index contributed by atoms with van der Waals surface area (Å²) in [6.45, 7) is 3.43. The van der Waals surface area contributed by atoms with E-state index in [2.05, 4.69) is 32.6 Å². The fourth-order valence-corrected chi connectivity index (χ4v) is 3.51. The normalized spacial score (nSPS) is 18.1. The van der Waals surface area contributed by atoms with Crippen molar-refractivity contribution in [2.45, 2.75) is 38.1 Å². The van der Waals surface area contributed by atoms with Crippen LogP contribution in [0.15, 0.2) is 28.9 Å². The number of piperidine rings is 1. The number of rotatable bonds is 5. The van der Waals surface area contributed by atoms with Crippen molar-refractivity contribution >= 4 is 29.2 Å². The molecule has 1 saturated heterocycles. The quantitative estimate of drug-likeness (QED) is 0.677. The Bertz CT molecular complexity index is 939. The van der Waals surface area contributed by atoms with E-state index in [0.717, 1.165) is 36.7 Å². The van der Waals surface area contributed by atoms with Crippen molar-refractivity contribution in [3.8, 4) is 0 Å². The number of halogens is 1. The highest BCUT2D eigenvalue weighted by Gasteiger charge is 2.29. The minimum atomic E-state index is 0. The molecule has 1 aliphatic rings. The molecule has 3 aromatic rings. The van der Waals surface area contributed by atoms with Crippen LogP contribution in [0.3, 0.4) is 0 Å². The molecular weight excluding hydrogens is 380 g/mol. The zero-order valence-corrected chi connectivity index (χ0v) is 16.8. The van der Waals surface area contributed by atoms with Gasteiger partial charge in [0.25, 0.3) is 5.91 Å². The number of aromatic amines is 1. The molecule has 1 aliphatic heterocycles.